The van der Waals surface area contributed by atoms with Gasteiger partial charge in [0.15, 0.2) is 0 Å². The molecule has 0 radical (unpaired) electrons. The first-order valence-electron chi connectivity index (χ1n) is 6.32. The van der Waals surface area contributed by atoms with Crippen LogP contribution in [-0.2, 0) is 4.74 Å². The molecule has 0 saturated carbocycles. The van der Waals surface area contributed by atoms with Crippen LogP contribution in [0, 0.1) is 0 Å². The Kier molecular flexibility index (Phi) is 5.69. The molecule has 4 nitrogen and oxygen atoms in total. The van der Waals surface area contributed by atoms with Crippen LogP contribution in [0.2, 0.25) is 0 Å². The normalized spacial score (nSPS) is 23.2. The van der Waals surface area contributed by atoms with E-state index < -0.39 is 0 Å². The fraction of sp³-hybridized carbons (Fsp3) is 1.00. The summed E-state index contributed by atoms with van der Waals surface area (Å²) in [4.78, 5) is 5.02. The first-order valence-corrected chi connectivity index (χ1v) is 6.32. The summed E-state index contributed by atoms with van der Waals surface area (Å²) in [5.41, 5.74) is 6.04. The van der Waals surface area contributed by atoms with Crippen LogP contribution in [0.1, 0.15) is 20.3 Å². The molecule has 4 heteroatoms. The Morgan fingerprint density at radius 3 is 2.31 bits per heavy atom. The minimum absolute atomic E-state index is 0.107. The van der Waals surface area contributed by atoms with Crippen molar-refractivity contribution in [2.45, 2.75) is 25.8 Å². The van der Waals surface area contributed by atoms with Crippen LogP contribution >= 0.6 is 0 Å². The Balaban J connectivity index is 2.47. The molecular weight excluding hydrogens is 202 g/mol. The highest BCUT2D eigenvalue weighted by atomic mass is 16.5. The molecule has 0 bridgehead atoms. The van der Waals surface area contributed by atoms with Crippen LogP contribution in [0.3, 0.4) is 0 Å². The molecule has 0 spiro atoms. The van der Waals surface area contributed by atoms with Gasteiger partial charge in [-0.15, -0.1) is 0 Å². The Labute approximate surface area is 99.7 Å². The fourth-order valence-electron chi connectivity index (χ4n) is 2.32. The molecule has 1 atom stereocenters. The Morgan fingerprint density at radius 2 is 1.88 bits per heavy atom. The van der Waals surface area contributed by atoms with Crippen LogP contribution in [0.15, 0.2) is 0 Å². The van der Waals surface area contributed by atoms with Crippen LogP contribution in [0.25, 0.3) is 0 Å². The molecule has 16 heavy (non-hydrogen) atoms. The van der Waals surface area contributed by atoms with Gasteiger partial charge in [-0.25, -0.2) is 0 Å². The zero-order valence-electron chi connectivity index (χ0n) is 11.0. The zero-order chi connectivity index (χ0) is 12.0. The predicted octanol–water partition coefficient (Wildman–Crippen LogP) is 0.378. The Hall–Kier alpha value is -0.160. The van der Waals surface area contributed by atoms with Crippen LogP contribution in [0.5, 0.6) is 0 Å². The molecular formula is C12H27N3O. The number of hydrogen-bond donors (Lipinski definition) is 1. The summed E-state index contributed by atoms with van der Waals surface area (Å²) in [7, 11) is 1.76. The van der Waals surface area contributed by atoms with Crippen molar-refractivity contribution < 1.29 is 4.74 Å². The van der Waals surface area contributed by atoms with Gasteiger partial charge in [-0.05, 0) is 19.9 Å². The van der Waals surface area contributed by atoms with Crippen LogP contribution < -0.4 is 5.73 Å². The van der Waals surface area contributed by atoms with Crippen molar-refractivity contribution in [2.75, 3.05) is 53.0 Å². The van der Waals surface area contributed by atoms with Crippen LogP contribution in [-0.4, -0.2) is 68.3 Å². The molecule has 0 aromatic rings. The van der Waals surface area contributed by atoms with E-state index in [1.807, 2.05) is 0 Å². The molecule has 1 fully saturated rings. The van der Waals surface area contributed by atoms with E-state index in [0.717, 1.165) is 32.7 Å². The quantitative estimate of drug-likeness (QED) is 0.715. The number of hydrogen-bond acceptors (Lipinski definition) is 4. The van der Waals surface area contributed by atoms with E-state index in [1.54, 1.807) is 7.11 Å². The lowest BCUT2D eigenvalue weighted by Gasteiger charge is -2.45. The summed E-state index contributed by atoms with van der Waals surface area (Å²) in [6.07, 6.45) is 1.02. The summed E-state index contributed by atoms with van der Waals surface area (Å²) in [5.74, 6) is 0. The van der Waals surface area contributed by atoms with E-state index in [4.69, 9.17) is 10.5 Å². The van der Waals surface area contributed by atoms with E-state index in [0.29, 0.717) is 6.54 Å². The van der Waals surface area contributed by atoms with Gasteiger partial charge in [0.2, 0.25) is 0 Å². The number of nitrogens with zero attached hydrogens (tertiary/aromatic N) is 2. The third-order valence-electron chi connectivity index (χ3n) is 3.87. The van der Waals surface area contributed by atoms with Gasteiger partial charge in [0.05, 0.1) is 0 Å². The second kappa shape index (κ2) is 6.55. The van der Waals surface area contributed by atoms with Crippen molar-refractivity contribution in [3.8, 4) is 0 Å². The first-order chi connectivity index (χ1) is 7.66. The molecule has 1 aliphatic heterocycles. The first kappa shape index (κ1) is 13.9. The van der Waals surface area contributed by atoms with E-state index in [9.17, 15) is 0 Å². The van der Waals surface area contributed by atoms with E-state index in [-0.39, 0.29) is 5.54 Å². The fourth-order valence-corrected chi connectivity index (χ4v) is 2.32. The molecule has 2 N–H and O–H groups in total. The maximum Gasteiger partial charge on any atom is 0.0480 e. The smallest absolute Gasteiger partial charge is 0.0480 e. The van der Waals surface area contributed by atoms with Crippen molar-refractivity contribution in [3.63, 3.8) is 0 Å². The van der Waals surface area contributed by atoms with Crippen molar-refractivity contribution in [1.29, 1.82) is 0 Å². The Bertz CT molecular complexity index is 193. The van der Waals surface area contributed by atoms with Gasteiger partial charge in [0.25, 0.3) is 0 Å². The molecule has 1 rings (SSSR count). The average molecular weight is 229 g/mol. The van der Waals surface area contributed by atoms with E-state index in [1.165, 1.54) is 13.1 Å². The summed E-state index contributed by atoms with van der Waals surface area (Å²) in [5, 5.41) is 0. The van der Waals surface area contributed by atoms with Crippen molar-refractivity contribution in [3.05, 3.63) is 0 Å². The van der Waals surface area contributed by atoms with Crippen molar-refractivity contribution >= 4 is 0 Å². The number of nitrogens with two attached hydrogens (primary N) is 1. The summed E-state index contributed by atoms with van der Waals surface area (Å²) in [6.45, 7) is 11.7. The van der Waals surface area contributed by atoms with Gasteiger partial charge in [-0.1, -0.05) is 6.92 Å². The topological polar surface area (TPSA) is 41.7 Å². The molecule has 1 unspecified atom stereocenters. The lowest BCUT2D eigenvalue weighted by molar-refractivity contribution is 0.0273. The summed E-state index contributed by atoms with van der Waals surface area (Å²) < 4.78 is 5.18. The lowest BCUT2D eigenvalue weighted by atomic mass is 9.95. The van der Waals surface area contributed by atoms with Gasteiger partial charge in [0.1, 0.15) is 0 Å². The third-order valence-corrected chi connectivity index (χ3v) is 3.87. The molecule has 0 aromatic heterocycles. The van der Waals surface area contributed by atoms with Gasteiger partial charge >= 0.3 is 0 Å². The SMILES string of the molecule is CCN1CCN(C(C)(CN)CCOC)CC1. The minimum atomic E-state index is 0.107. The molecule has 96 valence electrons. The largest absolute Gasteiger partial charge is 0.385 e. The highest BCUT2D eigenvalue weighted by Crippen LogP contribution is 2.20. The molecule has 1 aliphatic rings. The highest BCUT2D eigenvalue weighted by molar-refractivity contribution is 4.90. The van der Waals surface area contributed by atoms with Gasteiger partial charge in [0, 0.05) is 52.0 Å². The minimum Gasteiger partial charge on any atom is -0.385 e. The molecule has 0 aromatic carbocycles. The molecule has 1 heterocycles. The standard InChI is InChI=1S/C12H27N3O/c1-4-14-6-8-15(9-7-14)12(2,11-13)5-10-16-3/h4-11,13H2,1-3H3. The number of piperazine rings is 1. The summed E-state index contributed by atoms with van der Waals surface area (Å²) >= 11 is 0. The second-order valence-corrected chi connectivity index (χ2v) is 4.87. The monoisotopic (exact) mass is 229 g/mol. The lowest BCUT2D eigenvalue weighted by Crippen LogP contribution is -2.59. The van der Waals surface area contributed by atoms with E-state index in [2.05, 4.69) is 23.6 Å². The second-order valence-electron chi connectivity index (χ2n) is 4.87. The number of ether oxygens (including phenoxy) is 1. The Morgan fingerprint density at radius 1 is 1.25 bits per heavy atom. The van der Waals surface area contributed by atoms with Crippen LogP contribution in [0.4, 0.5) is 0 Å². The number of methoxy groups -OCH3 is 1. The van der Waals surface area contributed by atoms with Gasteiger partial charge in [-0.2, -0.15) is 0 Å². The highest BCUT2D eigenvalue weighted by Gasteiger charge is 2.32. The number of likely N-dealkylation sites (N-methyl/N-ethyl adjacent to an activating group) is 1. The average Bonchev–Trinajstić information content (AvgIpc) is 2.36. The molecule has 0 amide bonds. The van der Waals surface area contributed by atoms with Crippen molar-refractivity contribution in [2.24, 2.45) is 5.73 Å². The molecule has 0 aliphatic carbocycles. The van der Waals surface area contributed by atoms with Crippen molar-refractivity contribution in [1.82, 2.24) is 9.80 Å². The zero-order valence-corrected chi connectivity index (χ0v) is 11.0. The maximum atomic E-state index is 5.93. The summed E-state index contributed by atoms with van der Waals surface area (Å²) in [6, 6.07) is 0. The third kappa shape index (κ3) is 3.42. The number of rotatable bonds is 6. The van der Waals surface area contributed by atoms with Gasteiger partial charge < -0.3 is 15.4 Å². The van der Waals surface area contributed by atoms with E-state index >= 15 is 0 Å². The predicted molar refractivity (Wildman–Crippen MR) is 67.6 cm³/mol. The maximum absolute atomic E-state index is 5.93. The molecule has 1 saturated heterocycles. The van der Waals surface area contributed by atoms with Gasteiger partial charge in [-0.3, -0.25) is 4.90 Å².